The zero-order chi connectivity index (χ0) is 22.5. The molecule has 0 fully saturated rings. The Morgan fingerprint density at radius 1 is 1.22 bits per heavy atom. The summed E-state index contributed by atoms with van der Waals surface area (Å²) in [5.41, 5.74) is 5.86. The molecule has 0 spiro atoms. The minimum Gasteiger partial charge on any atom is -0.493 e. The van der Waals surface area contributed by atoms with E-state index >= 15 is 0 Å². The van der Waals surface area contributed by atoms with Crippen molar-refractivity contribution in [3.8, 4) is 16.9 Å². The van der Waals surface area contributed by atoms with Gasteiger partial charge in [-0.25, -0.2) is 10.4 Å². The van der Waals surface area contributed by atoms with Gasteiger partial charge in [0, 0.05) is 16.5 Å². The molecule has 162 valence electrons. The number of hydrazone groups is 1. The van der Waals surface area contributed by atoms with Crippen LogP contribution in [0.4, 0.5) is 0 Å². The standard InChI is InChI=1S/C24H22N4O3S/c1-3-31-20-7-5-4-6-18(20)12-26-27-21(29)13-28-15-25-23-22(24(28)30)19(14-32-23)17-10-8-16(2)9-11-17/h4-12,14-15H,3,13H2,1-2H3,(H,27,29)/b26-12+. The van der Waals surface area contributed by atoms with Crippen LogP contribution in [0, 0.1) is 6.92 Å². The number of nitrogens with zero attached hydrogens (tertiary/aromatic N) is 3. The molecule has 1 amide bonds. The first-order chi connectivity index (χ1) is 15.6. The predicted molar refractivity (Wildman–Crippen MR) is 127 cm³/mol. The van der Waals surface area contributed by atoms with E-state index in [0.29, 0.717) is 22.6 Å². The van der Waals surface area contributed by atoms with Gasteiger partial charge in [0.05, 0.1) is 24.5 Å². The second kappa shape index (κ2) is 9.57. The van der Waals surface area contributed by atoms with E-state index in [1.54, 1.807) is 0 Å². The highest BCUT2D eigenvalue weighted by Gasteiger charge is 2.14. The van der Waals surface area contributed by atoms with Crippen molar-refractivity contribution in [2.75, 3.05) is 6.61 Å². The molecule has 4 rings (SSSR count). The van der Waals surface area contributed by atoms with E-state index in [2.05, 4.69) is 15.5 Å². The molecule has 0 saturated carbocycles. The van der Waals surface area contributed by atoms with Gasteiger partial charge in [-0.1, -0.05) is 42.0 Å². The number of nitrogens with one attached hydrogen (secondary N) is 1. The molecule has 2 aromatic carbocycles. The summed E-state index contributed by atoms with van der Waals surface area (Å²) >= 11 is 1.41. The molecule has 0 radical (unpaired) electrons. The number of benzene rings is 2. The van der Waals surface area contributed by atoms with E-state index in [-0.39, 0.29) is 12.1 Å². The quantitative estimate of drug-likeness (QED) is 0.344. The van der Waals surface area contributed by atoms with E-state index in [4.69, 9.17) is 4.74 Å². The Kier molecular flexibility index (Phi) is 6.42. The molecule has 0 unspecified atom stereocenters. The third-order valence-corrected chi connectivity index (χ3v) is 5.74. The Morgan fingerprint density at radius 2 is 2.00 bits per heavy atom. The van der Waals surface area contributed by atoms with Crippen LogP contribution in [0.2, 0.25) is 0 Å². The molecule has 1 N–H and O–H groups in total. The fourth-order valence-corrected chi connectivity index (χ4v) is 4.17. The van der Waals surface area contributed by atoms with Gasteiger partial charge < -0.3 is 4.74 Å². The number of hydrogen-bond donors (Lipinski definition) is 1. The van der Waals surface area contributed by atoms with Crippen molar-refractivity contribution in [1.29, 1.82) is 0 Å². The number of rotatable bonds is 7. The van der Waals surface area contributed by atoms with Gasteiger partial charge in [0.25, 0.3) is 11.5 Å². The lowest BCUT2D eigenvalue weighted by atomic mass is 10.1. The van der Waals surface area contributed by atoms with Crippen LogP contribution in [0.5, 0.6) is 5.75 Å². The number of thiophene rings is 1. The van der Waals surface area contributed by atoms with Crippen LogP contribution >= 0.6 is 11.3 Å². The van der Waals surface area contributed by atoms with Crippen LogP contribution in [0.25, 0.3) is 21.3 Å². The van der Waals surface area contributed by atoms with Crippen molar-refractivity contribution in [3.05, 3.63) is 81.7 Å². The van der Waals surface area contributed by atoms with Gasteiger partial charge in [-0.15, -0.1) is 11.3 Å². The molecular weight excluding hydrogens is 424 g/mol. The highest BCUT2D eigenvalue weighted by atomic mass is 32.1. The van der Waals surface area contributed by atoms with Crippen molar-refractivity contribution < 1.29 is 9.53 Å². The molecular formula is C24H22N4O3S. The summed E-state index contributed by atoms with van der Waals surface area (Å²) in [6.45, 7) is 4.26. The highest BCUT2D eigenvalue weighted by Crippen LogP contribution is 2.30. The number of aryl methyl sites for hydroxylation is 1. The fourth-order valence-electron chi connectivity index (χ4n) is 3.26. The van der Waals surface area contributed by atoms with Crippen molar-refractivity contribution in [2.45, 2.75) is 20.4 Å². The van der Waals surface area contributed by atoms with E-state index in [1.807, 2.05) is 67.8 Å². The largest absolute Gasteiger partial charge is 0.493 e. The van der Waals surface area contributed by atoms with E-state index < -0.39 is 5.91 Å². The Morgan fingerprint density at radius 3 is 2.78 bits per heavy atom. The number of para-hydroxylation sites is 1. The van der Waals surface area contributed by atoms with Gasteiger partial charge >= 0.3 is 0 Å². The first-order valence-corrected chi connectivity index (χ1v) is 11.0. The summed E-state index contributed by atoms with van der Waals surface area (Å²) in [4.78, 5) is 30.5. The van der Waals surface area contributed by atoms with Gasteiger partial charge in [0.2, 0.25) is 0 Å². The van der Waals surface area contributed by atoms with Crippen molar-refractivity contribution in [2.24, 2.45) is 5.10 Å². The number of carbonyl (C=O) groups excluding carboxylic acids is 1. The van der Waals surface area contributed by atoms with E-state index in [1.165, 1.54) is 28.4 Å². The number of aromatic nitrogens is 2. The Labute approximate surface area is 189 Å². The molecule has 0 aliphatic heterocycles. The second-order valence-electron chi connectivity index (χ2n) is 7.14. The van der Waals surface area contributed by atoms with Gasteiger partial charge in [0.15, 0.2) is 0 Å². The molecule has 0 aliphatic rings. The summed E-state index contributed by atoms with van der Waals surface area (Å²) in [5.74, 6) is 0.255. The predicted octanol–water partition coefficient (Wildman–Crippen LogP) is 3.98. The average Bonchev–Trinajstić information content (AvgIpc) is 3.22. The lowest BCUT2D eigenvalue weighted by Gasteiger charge is -2.07. The maximum absolute atomic E-state index is 13.1. The number of ether oxygens (including phenoxy) is 1. The molecule has 0 atom stereocenters. The van der Waals surface area contributed by atoms with Gasteiger partial charge in [-0.05, 0) is 31.5 Å². The topological polar surface area (TPSA) is 85.6 Å². The minimum atomic E-state index is -0.425. The molecule has 0 saturated heterocycles. The van der Waals surface area contributed by atoms with E-state index in [0.717, 1.165) is 22.3 Å². The molecule has 0 aliphatic carbocycles. The minimum absolute atomic E-state index is 0.185. The highest BCUT2D eigenvalue weighted by molar-refractivity contribution is 7.17. The Hall–Kier alpha value is -3.78. The van der Waals surface area contributed by atoms with E-state index in [9.17, 15) is 9.59 Å². The fraction of sp³-hybridized carbons (Fsp3) is 0.167. The lowest BCUT2D eigenvalue weighted by Crippen LogP contribution is -2.30. The monoisotopic (exact) mass is 446 g/mol. The molecule has 0 bridgehead atoms. The smallest absolute Gasteiger partial charge is 0.263 e. The number of amides is 1. The number of fused-ring (bicyclic) bond motifs is 1. The van der Waals surface area contributed by atoms with Crippen molar-refractivity contribution in [1.82, 2.24) is 15.0 Å². The molecule has 32 heavy (non-hydrogen) atoms. The Balaban J connectivity index is 1.52. The van der Waals surface area contributed by atoms with Crippen LogP contribution in [-0.2, 0) is 11.3 Å². The third kappa shape index (κ3) is 4.60. The van der Waals surface area contributed by atoms with Crippen LogP contribution in [0.15, 0.2) is 70.1 Å². The molecule has 4 aromatic rings. The second-order valence-corrected chi connectivity index (χ2v) is 8.00. The Bertz CT molecular complexity index is 1340. The normalized spacial score (nSPS) is 11.2. The zero-order valence-corrected chi connectivity index (χ0v) is 18.6. The van der Waals surface area contributed by atoms with Gasteiger partial charge in [-0.3, -0.25) is 14.2 Å². The summed E-state index contributed by atoms with van der Waals surface area (Å²) in [5, 5.41) is 6.44. The maximum atomic E-state index is 13.1. The lowest BCUT2D eigenvalue weighted by molar-refractivity contribution is -0.121. The van der Waals surface area contributed by atoms with Gasteiger partial charge in [-0.2, -0.15) is 5.10 Å². The molecule has 8 heteroatoms. The van der Waals surface area contributed by atoms with Gasteiger partial charge in [0.1, 0.15) is 17.1 Å². The van der Waals surface area contributed by atoms with Crippen LogP contribution in [0.1, 0.15) is 18.1 Å². The summed E-state index contributed by atoms with van der Waals surface area (Å²) in [6.07, 6.45) is 2.91. The number of carbonyl (C=O) groups is 1. The number of hydrogen-bond acceptors (Lipinski definition) is 6. The van der Waals surface area contributed by atoms with Crippen molar-refractivity contribution in [3.63, 3.8) is 0 Å². The maximum Gasteiger partial charge on any atom is 0.263 e. The first kappa shape index (κ1) is 21.5. The summed E-state index contributed by atoms with van der Waals surface area (Å²) in [6, 6.07) is 15.4. The average molecular weight is 447 g/mol. The van der Waals surface area contributed by atoms with Crippen LogP contribution in [-0.4, -0.2) is 28.3 Å². The molecule has 2 heterocycles. The SMILES string of the molecule is CCOc1ccccc1/C=N/NC(=O)Cn1cnc2scc(-c3ccc(C)cc3)c2c1=O. The molecule has 7 nitrogen and oxygen atoms in total. The summed E-state index contributed by atoms with van der Waals surface area (Å²) in [7, 11) is 0. The molecule has 2 aromatic heterocycles. The zero-order valence-electron chi connectivity index (χ0n) is 17.7. The first-order valence-electron chi connectivity index (χ1n) is 10.1. The van der Waals surface area contributed by atoms with Crippen LogP contribution in [0.3, 0.4) is 0 Å². The summed E-state index contributed by atoms with van der Waals surface area (Å²) < 4.78 is 6.83. The third-order valence-electron chi connectivity index (χ3n) is 4.85. The van der Waals surface area contributed by atoms with Crippen LogP contribution < -0.4 is 15.7 Å². The van der Waals surface area contributed by atoms with Crippen molar-refractivity contribution >= 4 is 33.7 Å².